The van der Waals surface area contributed by atoms with Crippen LogP contribution in [0.1, 0.15) is 6.92 Å². The number of carbonyl (C=O) groups excluding carboxylic acids is 1. The van der Waals surface area contributed by atoms with Crippen LogP contribution in [0.15, 0.2) is 0 Å². The van der Waals surface area contributed by atoms with E-state index in [1.54, 1.807) is 7.05 Å². The molecule has 0 radical (unpaired) electrons. The molecule has 2 N–H and O–H groups in total. The van der Waals surface area contributed by atoms with E-state index in [-0.39, 0.29) is 12.0 Å². The molecular formula is C10H23N3O2. The van der Waals surface area contributed by atoms with Gasteiger partial charge in [0.2, 0.25) is 0 Å². The summed E-state index contributed by atoms with van der Waals surface area (Å²) in [6.45, 7) is 4.66. The highest BCUT2D eigenvalue weighted by molar-refractivity contribution is 5.76. The largest absolute Gasteiger partial charge is 0.465 e. The molecule has 5 heteroatoms. The van der Waals surface area contributed by atoms with Crippen LogP contribution in [-0.2, 0) is 9.53 Å². The summed E-state index contributed by atoms with van der Waals surface area (Å²) in [7, 11) is 5.79. The maximum absolute atomic E-state index is 11.4. The molecule has 5 nitrogen and oxygen atoms in total. The third-order valence-corrected chi connectivity index (χ3v) is 2.00. The van der Waals surface area contributed by atoms with Gasteiger partial charge in [0.25, 0.3) is 0 Å². The third kappa shape index (κ3) is 7.30. The van der Waals surface area contributed by atoms with Crippen LogP contribution in [0.3, 0.4) is 0 Å². The molecule has 0 amide bonds. The molecule has 0 bridgehead atoms. The van der Waals surface area contributed by atoms with Crippen LogP contribution in [0.4, 0.5) is 0 Å². The molecular weight excluding hydrogens is 194 g/mol. The summed E-state index contributed by atoms with van der Waals surface area (Å²) in [5.41, 5.74) is 0. The number of nitrogens with one attached hydrogen (secondary N) is 2. The molecule has 0 aliphatic rings. The van der Waals surface area contributed by atoms with Gasteiger partial charge in [0.1, 0.15) is 6.04 Å². The molecule has 0 aliphatic carbocycles. The summed E-state index contributed by atoms with van der Waals surface area (Å²) in [4.78, 5) is 13.5. The van der Waals surface area contributed by atoms with Gasteiger partial charge in [-0.1, -0.05) is 0 Å². The minimum absolute atomic E-state index is 0.197. The number of carbonyl (C=O) groups is 1. The van der Waals surface area contributed by atoms with Crippen LogP contribution in [0.2, 0.25) is 0 Å². The van der Waals surface area contributed by atoms with E-state index in [1.165, 1.54) is 0 Å². The van der Waals surface area contributed by atoms with Crippen LogP contribution in [0.5, 0.6) is 0 Å². The molecule has 0 saturated heterocycles. The first kappa shape index (κ1) is 14.3. The fourth-order valence-corrected chi connectivity index (χ4v) is 1.10. The molecule has 0 spiro atoms. The van der Waals surface area contributed by atoms with Gasteiger partial charge in [0, 0.05) is 19.6 Å². The number of hydrogen-bond acceptors (Lipinski definition) is 5. The van der Waals surface area contributed by atoms with E-state index in [1.807, 2.05) is 21.0 Å². The molecule has 0 aromatic heterocycles. The zero-order valence-electron chi connectivity index (χ0n) is 10.2. The van der Waals surface area contributed by atoms with Crippen molar-refractivity contribution >= 4 is 5.97 Å². The minimum atomic E-state index is -0.257. The first-order chi connectivity index (χ1) is 7.11. The van der Waals surface area contributed by atoms with Crippen molar-refractivity contribution in [1.29, 1.82) is 0 Å². The van der Waals surface area contributed by atoms with Gasteiger partial charge < -0.3 is 20.3 Å². The highest BCUT2D eigenvalue weighted by Gasteiger charge is 2.16. The Hall–Kier alpha value is -0.650. The molecule has 0 rings (SSSR count). The summed E-state index contributed by atoms with van der Waals surface area (Å²) >= 11 is 0. The quantitative estimate of drug-likeness (QED) is 0.415. The van der Waals surface area contributed by atoms with Crippen molar-refractivity contribution < 1.29 is 9.53 Å². The van der Waals surface area contributed by atoms with Crippen molar-refractivity contribution in [3.63, 3.8) is 0 Å². The van der Waals surface area contributed by atoms with Gasteiger partial charge in [-0.2, -0.15) is 0 Å². The summed E-state index contributed by atoms with van der Waals surface area (Å²) in [6, 6.07) is -0.257. The van der Waals surface area contributed by atoms with Gasteiger partial charge in [0.15, 0.2) is 0 Å². The molecule has 1 unspecified atom stereocenters. The van der Waals surface area contributed by atoms with Gasteiger partial charge >= 0.3 is 5.97 Å². The van der Waals surface area contributed by atoms with Gasteiger partial charge in [-0.05, 0) is 28.1 Å². The lowest BCUT2D eigenvalue weighted by molar-refractivity contribution is -0.145. The maximum Gasteiger partial charge on any atom is 0.324 e. The third-order valence-electron chi connectivity index (χ3n) is 2.00. The predicted molar refractivity (Wildman–Crippen MR) is 60.9 cm³/mol. The van der Waals surface area contributed by atoms with Crippen molar-refractivity contribution in [3.8, 4) is 0 Å². The lowest BCUT2D eigenvalue weighted by atomic mass is 10.3. The second-order valence-corrected chi connectivity index (χ2v) is 3.60. The molecule has 1 atom stereocenters. The van der Waals surface area contributed by atoms with E-state index in [0.717, 1.165) is 13.1 Å². The lowest BCUT2D eigenvalue weighted by Crippen LogP contribution is -2.44. The van der Waals surface area contributed by atoms with Crippen LogP contribution >= 0.6 is 0 Å². The van der Waals surface area contributed by atoms with Crippen molar-refractivity contribution in [3.05, 3.63) is 0 Å². The van der Waals surface area contributed by atoms with Crippen molar-refractivity contribution in [2.24, 2.45) is 0 Å². The Balaban J connectivity index is 3.65. The Morgan fingerprint density at radius 3 is 2.60 bits per heavy atom. The molecule has 0 fully saturated rings. The normalized spacial score (nSPS) is 12.9. The highest BCUT2D eigenvalue weighted by Crippen LogP contribution is 1.87. The lowest BCUT2D eigenvalue weighted by Gasteiger charge is -2.16. The van der Waals surface area contributed by atoms with Gasteiger partial charge in [-0.25, -0.2) is 0 Å². The summed E-state index contributed by atoms with van der Waals surface area (Å²) in [5.74, 6) is -0.197. The standard InChI is InChI=1S/C10H23N3O2/c1-5-15-10(14)9(11-2)8-12-6-7-13(3)4/h9,11-12H,5-8H2,1-4H3. The Morgan fingerprint density at radius 1 is 1.47 bits per heavy atom. The molecule has 0 saturated carbocycles. The number of rotatable bonds is 8. The van der Waals surface area contributed by atoms with Crippen molar-refractivity contribution in [2.75, 3.05) is 47.4 Å². The summed E-state index contributed by atoms with van der Waals surface area (Å²) in [5, 5.41) is 6.13. The van der Waals surface area contributed by atoms with Crippen LogP contribution in [-0.4, -0.2) is 64.3 Å². The summed E-state index contributed by atoms with van der Waals surface area (Å²) in [6.07, 6.45) is 0. The zero-order valence-corrected chi connectivity index (χ0v) is 10.2. The van der Waals surface area contributed by atoms with Gasteiger partial charge in [0.05, 0.1) is 6.61 Å². The SMILES string of the molecule is CCOC(=O)C(CNCCN(C)C)NC. The Labute approximate surface area is 92.2 Å². The van der Waals surface area contributed by atoms with Crippen LogP contribution in [0.25, 0.3) is 0 Å². The molecule has 90 valence electrons. The minimum Gasteiger partial charge on any atom is -0.465 e. The molecule has 15 heavy (non-hydrogen) atoms. The average Bonchev–Trinajstić information content (AvgIpc) is 2.17. The highest BCUT2D eigenvalue weighted by atomic mass is 16.5. The van der Waals surface area contributed by atoms with Crippen molar-refractivity contribution in [2.45, 2.75) is 13.0 Å². The van der Waals surface area contributed by atoms with Crippen LogP contribution in [0, 0.1) is 0 Å². The monoisotopic (exact) mass is 217 g/mol. The van der Waals surface area contributed by atoms with E-state index < -0.39 is 0 Å². The number of nitrogens with zero attached hydrogens (tertiary/aromatic N) is 1. The Kier molecular flexibility index (Phi) is 8.27. The fraction of sp³-hybridized carbons (Fsp3) is 0.900. The van der Waals surface area contributed by atoms with Crippen molar-refractivity contribution in [1.82, 2.24) is 15.5 Å². The van der Waals surface area contributed by atoms with Gasteiger partial charge in [-0.15, -0.1) is 0 Å². The summed E-state index contributed by atoms with van der Waals surface area (Å²) < 4.78 is 4.92. The predicted octanol–water partition coefficient (Wildman–Crippen LogP) is -0.711. The molecule has 0 aromatic rings. The van der Waals surface area contributed by atoms with E-state index in [9.17, 15) is 4.79 Å². The second-order valence-electron chi connectivity index (χ2n) is 3.60. The number of likely N-dealkylation sites (N-methyl/N-ethyl adjacent to an activating group) is 2. The number of esters is 1. The molecule has 0 aliphatic heterocycles. The van der Waals surface area contributed by atoms with E-state index >= 15 is 0 Å². The van der Waals surface area contributed by atoms with E-state index in [0.29, 0.717) is 13.2 Å². The Bertz CT molecular complexity index is 174. The zero-order chi connectivity index (χ0) is 11.7. The van der Waals surface area contributed by atoms with E-state index in [2.05, 4.69) is 15.5 Å². The van der Waals surface area contributed by atoms with Crippen LogP contribution < -0.4 is 10.6 Å². The topological polar surface area (TPSA) is 53.6 Å². The fourth-order valence-electron chi connectivity index (χ4n) is 1.10. The average molecular weight is 217 g/mol. The number of ether oxygens (including phenoxy) is 1. The van der Waals surface area contributed by atoms with E-state index in [4.69, 9.17) is 4.74 Å². The molecule has 0 aromatic carbocycles. The smallest absolute Gasteiger partial charge is 0.324 e. The first-order valence-electron chi connectivity index (χ1n) is 5.31. The number of hydrogen-bond donors (Lipinski definition) is 2. The maximum atomic E-state index is 11.4. The Morgan fingerprint density at radius 2 is 2.13 bits per heavy atom. The van der Waals surface area contributed by atoms with Gasteiger partial charge in [-0.3, -0.25) is 4.79 Å². The first-order valence-corrected chi connectivity index (χ1v) is 5.31. The second kappa shape index (κ2) is 8.64. The molecule has 0 heterocycles.